The van der Waals surface area contributed by atoms with Crippen molar-refractivity contribution >= 4 is 11.6 Å². The Morgan fingerprint density at radius 2 is 1.85 bits per heavy atom. The molecule has 0 aliphatic heterocycles. The first-order valence-corrected chi connectivity index (χ1v) is 6.76. The minimum Gasteiger partial charge on any atom is -0.313 e. The molecule has 0 aromatic heterocycles. The predicted molar refractivity (Wildman–Crippen MR) is 78.1 cm³/mol. The van der Waals surface area contributed by atoms with Gasteiger partial charge in [-0.2, -0.15) is 0 Å². The molecule has 0 amide bonds. The van der Waals surface area contributed by atoms with E-state index >= 15 is 0 Å². The number of benzene rings is 2. The third kappa shape index (κ3) is 3.35. The molecule has 0 heterocycles. The van der Waals surface area contributed by atoms with Gasteiger partial charge in [0.05, 0.1) is 0 Å². The van der Waals surface area contributed by atoms with E-state index in [1.165, 1.54) is 0 Å². The van der Waals surface area contributed by atoms with Crippen molar-refractivity contribution in [2.45, 2.75) is 19.4 Å². The minimum atomic E-state index is -0.927. The molecule has 0 radical (unpaired) electrons. The summed E-state index contributed by atoms with van der Waals surface area (Å²) in [4.78, 5) is 0. The number of halogens is 3. The van der Waals surface area contributed by atoms with Crippen molar-refractivity contribution in [1.82, 2.24) is 5.32 Å². The fourth-order valence-electron chi connectivity index (χ4n) is 2.25. The van der Waals surface area contributed by atoms with Crippen molar-refractivity contribution in [2.75, 3.05) is 7.05 Å². The van der Waals surface area contributed by atoms with Gasteiger partial charge in [0.15, 0.2) is 11.6 Å². The van der Waals surface area contributed by atoms with Crippen molar-refractivity contribution in [3.63, 3.8) is 0 Å². The molecule has 2 rings (SSSR count). The van der Waals surface area contributed by atoms with Gasteiger partial charge in [-0.1, -0.05) is 41.4 Å². The van der Waals surface area contributed by atoms with E-state index in [1.54, 1.807) is 7.05 Å². The second-order valence-electron chi connectivity index (χ2n) is 4.82. The molecule has 0 spiro atoms. The Labute approximate surface area is 122 Å². The van der Waals surface area contributed by atoms with E-state index in [1.807, 2.05) is 25.1 Å². The standard InChI is InChI=1S/C16H16ClF2N/c1-10-4-3-5-11(6-10)7-16(20-2)12-8-14(18)15(19)9-13(12)17/h3-6,8-9,16,20H,7H2,1-2H3. The molecule has 1 unspecified atom stereocenters. The van der Waals surface area contributed by atoms with E-state index in [9.17, 15) is 8.78 Å². The molecule has 0 aliphatic carbocycles. The van der Waals surface area contributed by atoms with Crippen molar-refractivity contribution < 1.29 is 8.78 Å². The molecule has 0 saturated heterocycles. The maximum atomic E-state index is 13.4. The maximum Gasteiger partial charge on any atom is 0.160 e. The molecule has 0 bridgehead atoms. The summed E-state index contributed by atoms with van der Waals surface area (Å²) in [6.07, 6.45) is 0.656. The van der Waals surface area contributed by atoms with Crippen molar-refractivity contribution in [3.8, 4) is 0 Å². The van der Waals surface area contributed by atoms with E-state index in [0.717, 1.165) is 23.3 Å². The monoisotopic (exact) mass is 295 g/mol. The summed E-state index contributed by atoms with van der Waals surface area (Å²) in [6, 6.07) is 10.1. The Morgan fingerprint density at radius 3 is 2.50 bits per heavy atom. The average Bonchev–Trinajstić information content (AvgIpc) is 2.40. The SMILES string of the molecule is CNC(Cc1cccc(C)c1)c1cc(F)c(F)cc1Cl. The number of nitrogens with one attached hydrogen (secondary N) is 1. The molecule has 4 heteroatoms. The Morgan fingerprint density at radius 1 is 1.15 bits per heavy atom. The smallest absolute Gasteiger partial charge is 0.160 e. The first-order chi connectivity index (χ1) is 9.51. The van der Waals surface area contributed by atoms with E-state index < -0.39 is 11.6 Å². The lowest BCUT2D eigenvalue weighted by Gasteiger charge is -2.18. The Balaban J connectivity index is 2.31. The quantitative estimate of drug-likeness (QED) is 0.823. The summed E-state index contributed by atoms with van der Waals surface area (Å²) in [7, 11) is 1.78. The van der Waals surface area contributed by atoms with E-state index in [4.69, 9.17) is 11.6 Å². The molecule has 1 nitrogen and oxygen atoms in total. The van der Waals surface area contributed by atoms with Crippen LogP contribution in [-0.2, 0) is 6.42 Å². The maximum absolute atomic E-state index is 13.4. The molecule has 106 valence electrons. The van der Waals surface area contributed by atoms with Gasteiger partial charge in [-0.05, 0) is 43.7 Å². The summed E-state index contributed by atoms with van der Waals surface area (Å²) >= 11 is 6.03. The topological polar surface area (TPSA) is 12.0 Å². The first-order valence-electron chi connectivity index (χ1n) is 6.38. The molecule has 20 heavy (non-hydrogen) atoms. The van der Waals surface area contributed by atoms with Crippen LogP contribution in [0.25, 0.3) is 0 Å². The minimum absolute atomic E-state index is 0.167. The third-order valence-electron chi connectivity index (χ3n) is 3.29. The van der Waals surface area contributed by atoms with Gasteiger partial charge in [0.2, 0.25) is 0 Å². The van der Waals surface area contributed by atoms with Crippen LogP contribution >= 0.6 is 11.6 Å². The summed E-state index contributed by atoms with van der Waals surface area (Å²) in [5.41, 5.74) is 2.84. The van der Waals surface area contributed by atoms with Gasteiger partial charge < -0.3 is 5.32 Å². The van der Waals surface area contributed by atoms with Crippen LogP contribution in [0.3, 0.4) is 0 Å². The highest BCUT2D eigenvalue weighted by Gasteiger charge is 2.17. The number of likely N-dealkylation sites (N-methyl/N-ethyl adjacent to an activating group) is 1. The van der Waals surface area contributed by atoms with Crippen LogP contribution < -0.4 is 5.32 Å². The normalized spacial score (nSPS) is 12.4. The highest BCUT2D eigenvalue weighted by Crippen LogP contribution is 2.28. The summed E-state index contributed by atoms with van der Waals surface area (Å²) in [5.74, 6) is -1.81. The molecule has 2 aromatic carbocycles. The van der Waals surface area contributed by atoms with Gasteiger partial charge in [-0.25, -0.2) is 8.78 Å². The molecule has 1 atom stereocenters. The van der Waals surface area contributed by atoms with E-state index in [2.05, 4.69) is 11.4 Å². The van der Waals surface area contributed by atoms with Gasteiger partial charge in [0, 0.05) is 11.1 Å². The second-order valence-corrected chi connectivity index (χ2v) is 5.23. The zero-order valence-electron chi connectivity index (χ0n) is 11.4. The van der Waals surface area contributed by atoms with Crippen LogP contribution in [0.1, 0.15) is 22.7 Å². The number of hydrogen-bond acceptors (Lipinski definition) is 1. The lowest BCUT2D eigenvalue weighted by molar-refractivity contribution is 0.501. The lowest BCUT2D eigenvalue weighted by atomic mass is 9.98. The van der Waals surface area contributed by atoms with Gasteiger partial charge in [0.1, 0.15) is 0 Å². The zero-order chi connectivity index (χ0) is 14.7. The van der Waals surface area contributed by atoms with Gasteiger partial charge in [0.25, 0.3) is 0 Å². The van der Waals surface area contributed by atoms with Crippen LogP contribution in [0.2, 0.25) is 5.02 Å². The summed E-state index contributed by atoms with van der Waals surface area (Å²) in [5, 5.41) is 3.33. The fraction of sp³-hybridized carbons (Fsp3) is 0.250. The van der Waals surface area contributed by atoms with Crippen LogP contribution in [-0.4, -0.2) is 7.05 Å². The fourth-order valence-corrected chi connectivity index (χ4v) is 2.53. The van der Waals surface area contributed by atoms with Crippen LogP contribution in [0.4, 0.5) is 8.78 Å². The molecular weight excluding hydrogens is 280 g/mol. The largest absolute Gasteiger partial charge is 0.313 e. The molecule has 0 saturated carbocycles. The van der Waals surface area contributed by atoms with E-state index in [-0.39, 0.29) is 11.1 Å². The molecule has 1 N–H and O–H groups in total. The average molecular weight is 296 g/mol. The second kappa shape index (κ2) is 6.33. The molecule has 2 aromatic rings. The lowest BCUT2D eigenvalue weighted by Crippen LogP contribution is -2.19. The highest BCUT2D eigenvalue weighted by molar-refractivity contribution is 6.31. The summed E-state index contributed by atoms with van der Waals surface area (Å²) < 4.78 is 26.5. The Hall–Kier alpha value is -1.45. The van der Waals surface area contributed by atoms with Gasteiger partial charge in [-0.15, -0.1) is 0 Å². The Bertz CT molecular complexity index is 613. The van der Waals surface area contributed by atoms with Crippen molar-refractivity contribution in [1.29, 1.82) is 0 Å². The summed E-state index contributed by atoms with van der Waals surface area (Å²) in [6.45, 7) is 2.02. The zero-order valence-corrected chi connectivity index (χ0v) is 12.1. The molecule has 0 aliphatic rings. The number of rotatable bonds is 4. The highest BCUT2D eigenvalue weighted by atomic mass is 35.5. The van der Waals surface area contributed by atoms with Crippen molar-refractivity contribution in [3.05, 3.63) is 69.7 Å². The first kappa shape index (κ1) is 14.9. The predicted octanol–water partition coefficient (Wildman–Crippen LogP) is 4.43. The Kier molecular flexibility index (Phi) is 4.73. The van der Waals surface area contributed by atoms with Crippen LogP contribution in [0, 0.1) is 18.6 Å². The molecule has 0 fully saturated rings. The van der Waals surface area contributed by atoms with Crippen LogP contribution in [0.15, 0.2) is 36.4 Å². The molecular formula is C16H16ClF2N. The van der Waals surface area contributed by atoms with Crippen molar-refractivity contribution in [2.24, 2.45) is 0 Å². The third-order valence-corrected chi connectivity index (χ3v) is 3.61. The van der Waals surface area contributed by atoms with Crippen LogP contribution in [0.5, 0.6) is 0 Å². The van der Waals surface area contributed by atoms with E-state index in [0.29, 0.717) is 12.0 Å². The van der Waals surface area contributed by atoms with Gasteiger partial charge in [-0.3, -0.25) is 0 Å². The number of aryl methyl sites for hydroxylation is 1. The number of hydrogen-bond donors (Lipinski definition) is 1. The van der Waals surface area contributed by atoms with Gasteiger partial charge >= 0.3 is 0 Å².